The number of carboxylic acid groups (broad SMARTS) is 1. The highest BCUT2D eigenvalue weighted by Gasteiger charge is 2.18. The average Bonchev–Trinajstić information content (AvgIpc) is 2.08. The number of nitrogens with one attached hydrogen (secondary N) is 1. The van der Waals surface area contributed by atoms with E-state index in [0.29, 0.717) is 0 Å². The molecule has 0 fully saturated rings. The van der Waals surface area contributed by atoms with Crippen LogP contribution in [0.25, 0.3) is 0 Å². The van der Waals surface area contributed by atoms with Crippen LogP contribution in [0.4, 0.5) is 8.78 Å². The number of aromatic nitrogens is 1. The van der Waals surface area contributed by atoms with E-state index in [1.807, 2.05) is 0 Å². The fourth-order valence-corrected chi connectivity index (χ4v) is 1.32. The molecule has 0 saturated carbocycles. The van der Waals surface area contributed by atoms with Crippen molar-refractivity contribution >= 4 is 5.97 Å². The van der Waals surface area contributed by atoms with Crippen molar-refractivity contribution in [2.75, 3.05) is 0 Å². The van der Waals surface area contributed by atoms with Crippen LogP contribution in [0.1, 0.15) is 23.2 Å². The molecule has 6 heteroatoms. The van der Waals surface area contributed by atoms with Gasteiger partial charge in [0.25, 0.3) is 6.43 Å². The lowest BCUT2D eigenvalue weighted by atomic mass is 10.0. The Bertz CT molecular complexity index is 439. The molecular formula is C9H9F2NO3. The van der Waals surface area contributed by atoms with Crippen LogP contribution in [0.2, 0.25) is 0 Å². The minimum Gasteiger partial charge on any atom is -0.481 e. The maximum absolute atomic E-state index is 12.5. The highest BCUT2D eigenvalue weighted by Crippen LogP contribution is 2.23. The minimum absolute atomic E-state index is 0.0305. The lowest BCUT2D eigenvalue weighted by Gasteiger charge is -2.09. The number of aryl methyl sites for hydroxylation is 1. The second-order valence-corrected chi connectivity index (χ2v) is 3.06. The smallest absolute Gasteiger partial charge is 0.307 e. The second kappa shape index (κ2) is 4.20. The van der Waals surface area contributed by atoms with Crippen molar-refractivity contribution in [2.45, 2.75) is 19.8 Å². The number of aliphatic carboxylic acids is 1. The number of rotatable bonds is 3. The number of carbonyl (C=O) groups is 1. The van der Waals surface area contributed by atoms with Crippen molar-refractivity contribution in [3.05, 3.63) is 33.2 Å². The zero-order valence-corrected chi connectivity index (χ0v) is 7.88. The van der Waals surface area contributed by atoms with E-state index < -0.39 is 29.9 Å². The normalized spacial score (nSPS) is 10.7. The Hall–Kier alpha value is -1.72. The summed E-state index contributed by atoms with van der Waals surface area (Å²) in [4.78, 5) is 23.6. The molecule has 4 nitrogen and oxygen atoms in total. The third-order valence-corrected chi connectivity index (χ3v) is 1.96. The molecule has 0 amide bonds. The summed E-state index contributed by atoms with van der Waals surface area (Å²) in [7, 11) is 0. The van der Waals surface area contributed by atoms with Gasteiger partial charge in [0.05, 0.1) is 6.42 Å². The van der Waals surface area contributed by atoms with E-state index in [2.05, 4.69) is 4.98 Å². The molecule has 15 heavy (non-hydrogen) atoms. The summed E-state index contributed by atoms with van der Waals surface area (Å²) in [5.74, 6) is -1.22. The molecule has 0 aliphatic heterocycles. The summed E-state index contributed by atoms with van der Waals surface area (Å²) < 4.78 is 25.0. The van der Waals surface area contributed by atoms with Crippen molar-refractivity contribution in [2.24, 2.45) is 0 Å². The van der Waals surface area contributed by atoms with E-state index in [0.717, 1.165) is 6.07 Å². The summed E-state index contributed by atoms with van der Waals surface area (Å²) in [6.45, 7) is 1.39. The van der Waals surface area contributed by atoms with Gasteiger partial charge in [-0.15, -0.1) is 0 Å². The second-order valence-electron chi connectivity index (χ2n) is 3.06. The zero-order valence-electron chi connectivity index (χ0n) is 7.88. The predicted octanol–water partition coefficient (Wildman–Crippen LogP) is 1.25. The van der Waals surface area contributed by atoms with E-state index in [-0.39, 0.29) is 11.3 Å². The average molecular weight is 217 g/mol. The maximum atomic E-state index is 12.5. The molecule has 1 rings (SSSR count). The van der Waals surface area contributed by atoms with E-state index in [1.165, 1.54) is 6.92 Å². The van der Waals surface area contributed by atoms with Crippen molar-refractivity contribution in [3.8, 4) is 0 Å². The molecule has 0 saturated heterocycles. The summed E-state index contributed by atoms with van der Waals surface area (Å²) in [5.41, 5.74) is -1.03. The third kappa shape index (κ3) is 2.61. The van der Waals surface area contributed by atoms with Gasteiger partial charge in [0, 0.05) is 17.3 Å². The van der Waals surface area contributed by atoms with Crippen LogP contribution in [0.15, 0.2) is 10.9 Å². The molecule has 0 bridgehead atoms. The van der Waals surface area contributed by atoms with Crippen molar-refractivity contribution in [1.82, 2.24) is 4.98 Å². The van der Waals surface area contributed by atoms with Crippen LogP contribution in [0, 0.1) is 6.92 Å². The molecule has 0 atom stereocenters. The number of carboxylic acids is 1. The van der Waals surface area contributed by atoms with Crippen molar-refractivity contribution < 1.29 is 18.7 Å². The Labute approximate surface area is 83.6 Å². The molecular weight excluding hydrogens is 208 g/mol. The van der Waals surface area contributed by atoms with E-state index in [9.17, 15) is 18.4 Å². The first kappa shape index (κ1) is 11.4. The van der Waals surface area contributed by atoms with Crippen LogP contribution in [-0.4, -0.2) is 16.1 Å². The van der Waals surface area contributed by atoms with E-state index in [1.54, 1.807) is 0 Å². The van der Waals surface area contributed by atoms with Crippen LogP contribution >= 0.6 is 0 Å². The SMILES string of the molecule is Cc1[nH]c(=O)cc(C(F)F)c1CC(=O)O. The quantitative estimate of drug-likeness (QED) is 0.800. The summed E-state index contributed by atoms with van der Waals surface area (Å²) in [5, 5.41) is 8.53. The Morgan fingerprint density at radius 3 is 2.67 bits per heavy atom. The van der Waals surface area contributed by atoms with Crippen LogP contribution in [0.3, 0.4) is 0 Å². The Kier molecular flexibility index (Phi) is 3.18. The number of aromatic amines is 1. The number of hydrogen-bond acceptors (Lipinski definition) is 2. The number of H-pyrrole nitrogens is 1. The van der Waals surface area contributed by atoms with Gasteiger partial charge in [-0.1, -0.05) is 0 Å². The Morgan fingerprint density at radius 2 is 2.20 bits per heavy atom. The lowest BCUT2D eigenvalue weighted by molar-refractivity contribution is -0.136. The first-order valence-corrected chi connectivity index (χ1v) is 4.14. The highest BCUT2D eigenvalue weighted by atomic mass is 19.3. The van der Waals surface area contributed by atoms with Crippen molar-refractivity contribution in [1.29, 1.82) is 0 Å². The Morgan fingerprint density at radius 1 is 1.60 bits per heavy atom. The van der Waals surface area contributed by atoms with Crippen LogP contribution in [-0.2, 0) is 11.2 Å². The molecule has 0 radical (unpaired) electrons. The van der Waals surface area contributed by atoms with Crippen LogP contribution in [0.5, 0.6) is 0 Å². The topological polar surface area (TPSA) is 70.2 Å². The molecule has 1 aromatic rings. The summed E-state index contributed by atoms with van der Waals surface area (Å²) >= 11 is 0. The largest absolute Gasteiger partial charge is 0.481 e. The first-order valence-electron chi connectivity index (χ1n) is 4.14. The number of pyridine rings is 1. The van der Waals surface area contributed by atoms with Crippen molar-refractivity contribution in [3.63, 3.8) is 0 Å². The fraction of sp³-hybridized carbons (Fsp3) is 0.333. The molecule has 0 spiro atoms. The number of hydrogen-bond donors (Lipinski definition) is 2. The van der Waals surface area contributed by atoms with Gasteiger partial charge in [0.1, 0.15) is 0 Å². The number of alkyl halides is 2. The maximum Gasteiger partial charge on any atom is 0.307 e. The van der Waals surface area contributed by atoms with Gasteiger partial charge in [0.15, 0.2) is 0 Å². The van der Waals surface area contributed by atoms with E-state index >= 15 is 0 Å². The molecule has 0 aliphatic rings. The van der Waals surface area contributed by atoms with Gasteiger partial charge in [-0.2, -0.15) is 0 Å². The number of halogens is 2. The molecule has 0 unspecified atom stereocenters. The van der Waals surface area contributed by atoms with Gasteiger partial charge in [-0.05, 0) is 12.5 Å². The van der Waals surface area contributed by atoms with Gasteiger partial charge in [-0.25, -0.2) is 8.78 Å². The van der Waals surface area contributed by atoms with Crippen LogP contribution < -0.4 is 5.56 Å². The third-order valence-electron chi connectivity index (χ3n) is 1.96. The molecule has 82 valence electrons. The standard InChI is InChI=1S/C9H9F2NO3/c1-4-5(3-8(14)15)6(9(10)11)2-7(13)12-4/h2,9H,3H2,1H3,(H,12,13)(H,14,15). The van der Waals surface area contributed by atoms with E-state index in [4.69, 9.17) is 5.11 Å². The predicted molar refractivity (Wildman–Crippen MR) is 48.1 cm³/mol. The molecule has 0 aromatic carbocycles. The monoisotopic (exact) mass is 217 g/mol. The zero-order chi connectivity index (χ0) is 11.6. The van der Waals surface area contributed by atoms with Gasteiger partial charge >= 0.3 is 5.97 Å². The first-order chi connectivity index (χ1) is 6.91. The molecule has 1 heterocycles. The Balaban J connectivity index is 3.33. The van der Waals surface area contributed by atoms with Gasteiger partial charge in [-0.3, -0.25) is 9.59 Å². The van der Waals surface area contributed by atoms with Gasteiger partial charge < -0.3 is 10.1 Å². The fourth-order valence-electron chi connectivity index (χ4n) is 1.32. The summed E-state index contributed by atoms with van der Waals surface area (Å²) in [6.07, 6.45) is -3.37. The summed E-state index contributed by atoms with van der Waals surface area (Å²) in [6, 6.07) is 0.732. The molecule has 1 aromatic heterocycles. The van der Waals surface area contributed by atoms with Gasteiger partial charge in [0.2, 0.25) is 5.56 Å². The molecule has 0 aliphatic carbocycles. The highest BCUT2D eigenvalue weighted by molar-refractivity contribution is 5.71. The minimum atomic E-state index is -2.85. The lowest BCUT2D eigenvalue weighted by Crippen LogP contribution is -2.15. The molecule has 2 N–H and O–H groups in total.